The molecular weight excluding hydrogens is 266 g/mol. The molecule has 68 valence electrons. The number of thiophene rings is 1. The van der Waals surface area contributed by atoms with Crippen molar-refractivity contribution in [1.82, 2.24) is 0 Å². The van der Waals surface area contributed by atoms with E-state index in [2.05, 4.69) is 34.6 Å². The number of nitrogens with two attached hydrogens (primary N) is 1. The summed E-state index contributed by atoms with van der Waals surface area (Å²) < 4.78 is 1.24. The van der Waals surface area contributed by atoms with Crippen LogP contribution < -0.4 is 5.73 Å². The summed E-state index contributed by atoms with van der Waals surface area (Å²) in [6, 6.07) is 6.08. The Balaban J connectivity index is 2.76. The molecule has 0 saturated carbocycles. The van der Waals surface area contributed by atoms with Crippen LogP contribution in [0.15, 0.2) is 23.1 Å². The van der Waals surface area contributed by atoms with Crippen LogP contribution in [0.3, 0.4) is 0 Å². The Morgan fingerprint density at radius 1 is 1.46 bits per heavy atom. The average Bonchev–Trinajstić information content (AvgIpc) is 2.55. The molecule has 1 aromatic carbocycles. The average molecular weight is 274 g/mol. The Hall–Kier alpha value is -0.190. The molecule has 1 aromatic heterocycles. The summed E-state index contributed by atoms with van der Waals surface area (Å²) in [5.74, 6) is 0. The maximum absolute atomic E-state index is 5.75. The van der Waals surface area contributed by atoms with Gasteiger partial charge in [0.15, 0.2) is 0 Å². The molecule has 0 bridgehead atoms. The number of hydrogen-bond acceptors (Lipinski definition) is 3. The molecule has 1 heterocycles. The number of rotatable bonds is 1. The van der Waals surface area contributed by atoms with Crippen LogP contribution in [-0.4, -0.2) is 0 Å². The maximum atomic E-state index is 5.75. The zero-order valence-electron chi connectivity index (χ0n) is 6.75. The normalized spacial score (nSPS) is 10.9. The first-order chi connectivity index (χ1) is 6.22. The molecule has 0 radical (unpaired) electrons. The highest BCUT2D eigenvalue weighted by Crippen LogP contribution is 2.34. The monoisotopic (exact) mass is 273 g/mol. The zero-order chi connectivity index (χ0) is 9.42. The van der Waals surface area contributed by atoms with E-state index in [-0.39, 0.29) is 0 Å². The highest BCUT2D eigenvalue weighted by atomic mass is 79.9. The van der Waals surface area contributed by atoms with Gasteiger partial charge in [-0.2, -0.15) is 0 Å². The Kier molecular flexibility index (Phi) is 2.53. The first-order valence-corrected chi connectivity index (χ1v) is 6.16. The van der Waals surface area contributed by atoms with Crippen LogP contribution in [-0.2, 0) is 5.33 Å². The van der Waals surface area contributed by atoms with Gasteiger partial charge in [-0.15, -0.1) is 24.0 Å². The van der Waals surface area contributed by atoms with E-state index in [0.29, 0.717) is 0 Å². The number of hydrogen-bond donors (Lipinski definition) is 2. The highest BCUT2D eigenvalue weighted by molar-refractivity contribution is 9.08. The van der Waals surface area contributed by atoms with E-state index in [4.69, 9.17) is 5.73 Å². The number of nitrogen functional groups attached to an aromatic ring is 1. The quantitative estimate of drug-likeness (QED) is 0.463. The van der Waals surface area contributed by atoms with Crippen LogP contribution in [0.2, 0.25) is 0 Å². The van der Waals surface area contributed by atoms with Gasteiger partial charge in [0, 0.05) is 30.9 Å². The fourth-order valence-electron chi connectivity index (χ4n) is 1.23. The molecule has 4 heteroatoms. The van der Waals surface area contributed by atoms with E-state index in [9.17, 15) is 0 Å². The van der Waals surface area contributed by atoms with Gasteiger partial charge in [0.05, 0.1) is 0 Å². The van der Waals surface area contributed by atoms with Crippen LogP contribution in [0, 0.1) is 0 Å². The third-order valence-corrected chi connectivity index (χ3v) is 4.46. The number of thiol groups is 1. The van der Waals surface area contributed by atoms with Crippen molar-refractivity contribution in [2.45, 2.75) is 10.2 Å². The third-order valence-electron chi connectivity index (χ3n) is 1.89. The van der Waals surface area contributed by atoms with Gasteiger partial charge in [-0.05, 0) is 18.2 Å². The standard InChI is InChI=1S/C9H8BrNS2/c10-4-5-3-6-8(13-5)2-1-7(11)9(6)12/h1-3,12H,4,11H2. The van der Waals surface area contributed by atoms with Gasteiger partial charge in [0.25, 0.3) is 0 Å². The van der Waals surface area contributed by atoms with Crippen LogP contribution in [0.25, 0.3) is 10.1 Å². The molecule has 0 aliphatic heterocycles. The molecule has 0 unspecified atom stereocenters. The molecule has 1 nitrogen and oxygen atoms in total. The minimum absolute atomic E-state index is 0.745. The molecule has 0 saturated heterocycles. The summed E-state index contributed by atoms with van der Waals surface area (Å²) in [5.41, 5.74) is 6.50. The second-order valence-electron chi connectivity index (χ2n) is 2.76. The van der Waals surface area contributed by atoms with E-state index >= 15 is 0 Å². The van der Waals surface area contributed by atoms with Crippen molar-refractivity contribution in [2.24, 2.45) is 0 Å². The van der Waals surface area contributed by atoms with E-state index in [1.807, 2.05) is 12.1 Å². The fourth-order valence-corrected chi connectivity index (χ4v) is 2.99. The zero-order valence-corrected chi connectivity index (χ0v) is 10.0. The van der Waals surface area contributed by atoms with Crippen LogP contribution >= 0.6 is 39.9 Å². The third kappa shape index (κ3) is 1.58. The summed E-state index contributed by atoms with van der Waals surface area (Å²) in [7, 11) is 0. The summed E-state index contributed by atoms with van der Waals surface area (Å²) in [6.45, 7) is 0. The van der Waals surface area contributed by atoms with Gasteiger partial charge in [-0.25, -0.2) is 0 Å². The minimum Gasteiger partial charge on any atom is -0.398 e. The van der Waals surface area contributed by atoms with Crippen molar-refractivity contribution < 1.29 is 0 Å². The van der Waals surface area contributed by atoms with Crippen LogP contribution in [0.1, 0.15) is 4.88 Å². The SMILES string of the molecule is Nc1ccc2sc(CBr)cc2c1S. The molecular formula is C9H8BrNS2. The lowest BCUT2D eigenvalue weighted by atomic mass is 10.2. The Bertz CT molecular complexity index is 450. The Labute approximate surface area is 94.5 Å². The summed E-state index contributed by atoms with van der Waals surface area (Å²) >= 11 is 9.58. The second-order valence-corrected chi connectivity index (χ2v) is 4.94. The van der Waals surface area contributed by atoms with E-state index in [0.717, 1.165) is 21.3 Å². The molecule has 0 atom stereocenters. The fraction of sp³-hybridized carbons (Fsp3) is 0.111. The van der Waals surface area contributed by atoms with Crippen LogP contribution in [0.4, 0.5) is 5.69 Å². The lowest BCUT2D eigenvalue weighted by molar-refractivity contribution is 1.54. The molecule has 0 fully saturated rings. The van der Waals surface area contributed by atoms with Crippen molar-refractivity contribution >= 4 is 55.7 Å². The summed E-state index contributed by atoms with van der Waals surface area (Å²) in [6.07, 6.45) is 0. The second kappa shape index (κ2) is 3.52. The maximum Gasteiger partial charge on any atom is 0.0456 e. The molecule has 2 rings (SSSR count). The van der Waals surface area contributed by atoms with Gasteiger partial charge in [0.1, 0.15) is 0 Å². The van der Waals surface area contributed by atoms with Crippen molar-refractivity contribution in [3.8, 4) is 0 Å². The van der Waals surface area contributed by atoms with Crippen molar-refractivity contribution in [2.75, 3.05) is 5.73 Å². The Morgan fingerprint density at radius 2 is 2.23 bits per heavy atom. The smallest absolute Gasteiger partial charge is 0.0456 e. The lowest BCUT2D eigenvalue weighted by Gasteiger charge is -1.98. The first-order valence-electron chi connectivity index (χ1n) is 3.78. The van der Waals surface area contributed by atoms with Crippen molar-refractivity contribution in [1.29, 1.82) is 0 Å². The topological polar surface area (TPSA) is 26.0 Å². The van der Waals surface area contributed by atoms with Crippen molar-refractivity contribution in [3.05, 3.63) is 23.1 Å². The van der Waals surface area contributed by atoms with Gasteiger partial charge in [-0.3, -0.25) is 0 Å². The van der Waals surface area contributed by atoms with E-state index < -0.39 is 0 Å². The molecule has 0 spiro atoms. The van der Waals surface area contributed by atoms with Crippen molar-refractivity contribution in [3.63, 3.8) is 0 Å². The predicted molar refractivity (Wildman–Crippen MR) is 66.1 cm³/mol. The number of anilines is 1. The molecule has 13 heavy (non-hydrogen) atoms. The first kappa shape index (κ1) is 9.37. The number of benzene rings is 1. The van der Waals surface area contributed by atoms with E-state index in [1.165, 1.54) is 9.58 Å². The van der Waals surface area contributed by atoms with Gasteiger partial charge < -0.3 is 5.73 Å². The lowest BCUT2D eigenvalue weighted by Crippen LogP contribution is -1.85. The number of halogens is 1. The number of fused-ring (bicyclic) bond motifs is 1. The van der Waals surface area contributed by atoms with Crippen LogP contribution in [0.5, 0.6) is 0 Å². The largest absolute Gasteiger partial charge is 0.398 e. The Morgan fingerprint density at radius 3 is 2.92 bits per heavy atom. The summed E-state index contributed by atoms with van der Waals surface area (Å²) in [4.78, 5) is 2.19. The van der Waals surface area contributed by atoms with Gasteiger partial charge >= 0.3 is 0 Å². The van der Waals surface area contributed by atoms with Gasteiger partial charge in [0.2, 0.25) is 0 Å². The van der Waals surface area contributed by atoms with E-state index in [1.54, 1.807) is 11.3 Å². The minimum atomic E-state index is 0.745. The van der Waals surface area contributed by atoms with Gasteiger partial charge in [-0.1, -0.05) is 15.9 Å². The summed E-state index contributed by atoms with van der Waals surface area (Å²) in [5, 5.41) is 2.04. The molecule has 0 aliphatic rings. The molecule has 0 amide bonds. The molecule has 2 aromatic rings. The molecule has 0 aliphatic carbocycles. The predicted octanol–water partition coefficient (Wildman–Crippen LogP) is 3.67. The number of alkyl halides is 1. The highest BCUT2D eigenvalue weighted by Gasteiger charge is 2.05. The molecule has 2 N–H and O–H groups in total.